The molecule has 0 radical (unpaired) electrons. The van der Waals surface area contributed by atoms with Crippen molar-refractivity contribution in [1.29, 1.82) is 0 Å². The van der Waals surface area contributed by atoms with Crippen molar-refractivity contribution >= 4 is 11.6 Å². The van der Waals surface area contributed by atoms with Gasteiger partial charge in [0.15, 0.2) is 0 Å². The van der Waals surface area contributed by atoms with E-state index < -0.39 is 43.1 Å². The molecule has 0 saturated carbocycles. The van der Waals surface area contributed by atoms with Gasteiger partial charge in [-0.1, -0.05) is 29.8 Å². The van der Waals surface area contributed by atoms with Crippen LogP contribution in [-0.2, 0) is 26.4 Å². The zero-order valence-electron chi connectivity index (χ0n) is 17.1. The molecule has 32 heavy (non-hydrogen) atoms. The molecule has 0 amide bonds. The Balaban J connectivity index is 1.66. The number of fused-ring (bicyclic) bond motifs is 2. The quantitative estimate of drug-likeness (QED) is 0.569. The maximum absolute atomic E-state index is 13.0. The van der Waals surface area contributed by atoms with Gasteiger partial charge < -0.3 is 29.5 Å². The average molecular weight is 473 g/mol. The number of alkyl halides is 2. The van der Waals surface area contributed by atoms with Crippen LogP contribution < -0.4 is 4.74 Å². The van der Waals surface area contributed by atoms with E-state index in [0.29, 0.717) is 23.6 Å². The number of aliphatic hydroxyl groups excluding tert-OH is 3. The van der Waals surface area contributed by atoms with Gasteiger partial charge in [-0.2, -0.15) is 8.78 Å². The molecule has 2 aliphatic heterocycles. The van der Waals surface area contributed by atoms with Gasteiger partial charge in [-0.05, 0) is 48.7 Å². The second kappa shape index (κ2) is 8.83. The topological polar surface area (TPSA) is 97.6 Å². The lowest BCUT2D eigenvalue weighted by Gasteiger charge is -2.45. The summed E-state index contributed by atoms with van der Waals surface area (Å²) in [5, 5.41) is 31.7. The van der Waals surface area contributed by atoms with E-state index in [1.807, 2.05) is 31.2 Å². The van der Waals surface area contributed by atoms with Crippen LogP contribution >= 0.6 is 11.6 Å². The van der Waals surface area contributed by atoms with Gasteiger partial charge in [0.25, 0.3) is 0 Å². The Kier molecular flexibility index (Phi) is 6.43. The normalized spacial score (nSPS) is 31.8. The van der Waals surface area contributed by atoms with Crippen molar-refractivity contribution in [2.24, 2.45) is 0 Å². The molecule has 2 fully saturated rings. The molecule has 2 aromatic rings. The minimum absolute atomic E-state index is 0.237. The van der Waals surface area contributed by atoms with Crippen molar-refractivity contribution in [3.63, 3.8) is 0 Å². The molecule has 0 aliphatic carbocycles. The van der Waals surface area contributed by atoms with Crippen molar-refractivity contribution in [3.8, 4) is 5.75 Å². The van der Waals surface area contributed by atoms with Gasteiger partial charge >= 0.3 is 6.61 Å². The predicted molar refractivity (Wildman–Crippen MR) is 108 cm³/mol. The fourth-order valence-electron chi connectivity index (χ4n) is 4.08. The molecule has 0 unspecified atom stereocenters. The minimum Gasteiger partial charge on any atom is -0.494 e. The summed E-state index contributed by atoms with van der Waals surface area (Å²) < 4.78 is 47.1. The lowest BCUT2D eigenvalue weighted by atomic mass is 9.87. The van der Waals surface area contributed by atoms with Crippen LogP contribution in [0.3, 0.4) is 0 Å². The predicted octanol–water partition coefficient (Wildman–Crippen LogP) is 2.56. The summed E-state index contributed by atoms with van der Waals surface area (Å²) in [6.45, 7) is -1.48. The van der Waals surface area contributed by atoms with E-state index in [1.165, 1.54) is 6.07 Å². The minimum atomic E-state index is -3.30. The van der Waals surface area contributed by atoms with Gasteiger partial charge in [0.05, 0.1) is 6.61 Å². The summed E-state index contributed by atoms with van der Waals surface area (Å²) in [4.78, 5) is 0. The van der Waals surface area contributed by atoms with Crippen molar-refractivity contribution < 1.29 is 43.0 Å². The summed E-state index contributed by atoms with van der Waals surface area (Å²) >= 11 is 6.37. The highest BCUT2D eigenvalue weighted by atomic mass is 35.5. The molecule has 174 valence electrons. The number of halogens is 3. The summed E-state index contributed by atoms with van der Waals surface area (Å²) in [6, 6.07) is 12.1. The van der Waals surface area contributed by atoms with Gasteiger partial charge in [0, 0.05) is 10.6 Å². The number of rotatable bonds is 7. The number of ether oxygens (including phenoxy) is 4. The lowest BCUT2D eigenvalue weighted by Crippen LogP contribution is -2.65. The van der Waals surface area contributed by atoms with Crippen LogP contribution in [0.15, 0.2) is 42.5 Å². The summed E-state index contributed by atoms with van der Waals surface area (Å²) in [5.41, 5.74) is 1.81. The highest BCUT2D eigenvalue weighted by Gasteiger charge is 2.69. The van der Waals surface area contributed by atoms with Gasteiger partial charge in [0.1, 0.15) is 30.7 Å². The lowest BCUT2D eigenvalue weighted by molar-refractivity contribution is -0.405. The van der Waals surface area contributed by atoms with Crippen molar-refractivity contribution in [2.45, 2.75) is 49.8 Å². The molecule has 5 atom stereocenters. The zero-order valence-corrected chi connectivity index (χ0v) is 17.8. The number of hydrogen-bond acceptors (Lipinski definition) is 7. The van der Waals surface area contributed by atoms with Crippen molar-refractivity contribution in [2.75, 3.05) is 13.2 Å². The monoisotopic (exact) mass is 472 g/mol. The first-order valence-corrected chi connectivity index (χ1v) is 10.4. The third-order valence-electron chi connectivity index (χ3n) is 5.66. The molecule has 2 bridgehead atoms. The maximum atomic E-state index is 13.0. The maximum Gasteiger partial charge on any atom is 0.347 e. The molecule has 2 aliphatic rings. The Hall–Kier alpha value is -1.85. The molecule has 0 aromatic heterocycles. The first-order chi connectivity index (χ1) is 15.2. The van der Waals surface area contributed by atoms with E-state index in [9.17, 15) is 24.1 Å². The Labute approximate surface area is 188 Å². The fraction of sp³-hybridized carbons (Fsp3) is 0.455. The molecule has 3 N–H and O–H groups in total. The average Bonchev–Trinajstić information content (AvgIpc) is 3.13. The number of aliphatic hydroxyl groups is 3. The van der Waals surface area contributed by atoms with Crippen LogP contribution in [0.25, 0.3) is 0 Å². The van der Waals surface area contributed by atoms with E-state index in [1.54, 1.807) is 12.1 Å². The van der Waals surface area contributed by atoms with E-state index in [-0.39, 0.29) is 5.56 Å². The Morgan fingerprint density at radius 1 is 1.12 bits per heavy atom. The van der Waals surface area contributed by atoms with E-state index in [2.05, 4.69) is 4.74 Å². The molecule has 10 heteroatoms. The first kappa shape index (κ1) is 23.3. The largest absolute Gasteiger partial charge is 0.494 e. The zero-order chi connectivity index (χ0) is 23.1. The molecule has 2 saturated heterocycles. The summed E-state index contributed by atoms with van der Waals surface area (Å²) in [7, 11) is 0. The third-order valence-corrected chi connectivity index (χ3v) is 6.03. The Morgan fingerprint density at radius 3 is 2.50 bits per heavy atom. The van der Waals surface area contributed by atoms with Crippen LogP contribution in [0.4, 0.5) is 8.78 Å². The Bertz CT molecular complexity index is 960. The van der Waals surface area contributed by atoms with Crippen molar-refractivity contribution in [3.05, 3.63) is 64.2 Å². The molecule has 2 heterocycles. The SMILES string of the molecule is CCOc1ccc(Cc2cc([C@]34OC[C@](OC(F)F)(O3)[C@@H](O)[C@H](O)[C@H]4O)ccc2Cl)cc1. The van der Waals surface area contributed by atoms with E-state index in [0.717, 1.165) is 11.3 Å². The second-order valence-corrected chi connectivity index (χ2v) is 8.10. The molecule has 0 spiro atoms. The van der Waals surface area contributed by atoms with Crippen LogP contribution in [0, 0.1) is 0 Å². The second-order valence-electron chi connectivity index (χ2n) is 7.69. The van der Waals surface area contributed by atoms with Crippen molar-refractivity contribution in [1.82, 2.24) is 0 Å². The highest BCUT2D eigenvalue weighted by molar-refractivity contribution is 6.31. The molecular formula is C22H23ClF2O7. The van der Waals surface area contributed by atoms with Gasteiger partial charge in [0.2, 0.25) is 11.6 Å². The molecular weight excluding hydrogens is 450 g/mol. The van der Waals surface area contributed by atoms with Gasteiger partial charge in [-0.15, -0.1) is 0 Å². The summed E-state index contributed by atoms with van der Waals surface area (Å²) in [6.07, 6.45) is -5.16. The van der Waals surface area contributed by atoms with Crippen LogP contribution in [0.2, 0.25) is 5.02 Å². The highest BCUT2D eigenvalue weighted by Crippen LogP contribution is 2.51. The van der Waals surface area contributed by atoms with E-state index >= 15 is 0 Å². The van der Waals surface area contributed by atoms with Crippen LogP contribution in [0.5, 0.6) is 5.75 Å². The Morgan fingerprint density at radius 2 is 1.84 bits per heavy atom. The summed E-state index contributed by atoms with van der Waals surface area (Å²) in [5.74, 6) is -3.62. The molecule has 2 aromatic carbocycles. The number of hydrogen-bond donors (Lipinski definition) is 3. The first-order valence-electron chi connectivity index (χ1n) is 10.1. The molecule has 7 nitrogen and oxygen atoms in total. The smallest absolute Gasteiger partial charge is 0.347 e. The molecule has 4 rings (SSSR count). The van der Waals surface area contributed by atoms with Gasteiger partial charge in [-0.3, -0.25) is 4.74 Å². The standard InChI is InChI=1S/C22H23ClF2O7/c1-2-29-15-6-3-12(4-7-15)9-13-10-14(5-8-16(13)23)22-19(28)17(26)18(27)21(32-22,11-30-22)31-20(24)25/h3-8,10,17-20,26-28H,2,9,11H2,1H3/t17-,18-,19+,21-,22-/m0/s1. The van der Waals surface area contributed by atoms with E-state index in [4.69, 9.17) is 25.8 Å². The van der Waals surface area contributed by atoms with Gasteiger partial charge in [-0.25, -0.2) is 0 Å². The van der Waals surface area contributed by atoms with Crippen LogP contribution in [-0.4, -0.2) is 59.2 Å². The van der Waals surface area contributed by atoms with Crippen LogP contribution in [0.1, 0.15) is 23.6 Å². The number of benzene rings is 2. The third kappa shape index (κ3) is 3.99. The fourth-order valence-corrected chi connectivity index (χ4v) is 4.27.